The Hall–Kier alpha value is -2.69. The second kappa shape index (κ2) is 8.58. The Kier molecular flexibility index (Phi) is 6.30. The summed E-state index contributed by atoms with van der Waals surface area (Å²) in [6.07, 6.45) is 0. The van der Waals surface area contributed by atoms with Crippen LogP contribution in [0.2, 0.25) is 0 Å². The lowest BCUT2D eigenvalue weighted by molar-refractivity contribution is -0.116. The number of sulfonamides is 1. The Labute approximate surface area is 182 Å². The van der Waals surface area contributed by atoms with Gasteiger partial charge >= 0.3 is 0 Å². The van der Waals surface area contributed by atoms with Gasteiger partial charge in [0.05, 0.1) is 22.8 Å². The molecule has 0 fully saturated rings. The van der Waals surface area contributed by atoms with Crippen molar-refractivity contribution in [1.29, 1.82) is 0 Å². The van der Waals surface area contributed by atoms with Crippen LogP contribution in [0.3, 0.4) is 0 Å². The second-order valence-corrected chi connectivity index (χ2v) is 9.66. The summed E-state index contributed by atoms with van der Waals surface area (Å²) in [7, 11) is -0.818. The number of halogens is 1. The van der Waals surface area contributed by atoms with Crippen LogP contribution < -0.4 is 10.9 Å². The van der Waals surface area contributed by atoms with Gasteiger partial charge in [-0.1, -0.05) is 34.1 Å². The average molecular weight is 493 g/mol. The third-order valence-electron chi connectivity index (χ3n) is 4.71. The zero-order valence-electron chi connectivity index (χ0n) is 16.7. The van der Waals surface area contributed by atoms with Crippen LogP contribution in [0.15, 0.2) is 68.8 Å². The van der Waals surface area contributed by atoms with Crippen LogP contribution in [0.4, 0.5) is 5.69 Å². The standard InChI is InChI=1S/C20H21BrN4O4S/c1-14-19(20(27)25(24(14)3)16-7-5-4-6-8-16)22-18(26)13-23(2)30(28,29)17-11-9-15(21)10-12-17/h4-12H,13H2,1-3H3,(H,22,26). The molecule has 158 valence electrons. The van der Waals surface area contributed by atoms with Crippen molar-refractivity contribution in [2.24, 2.45) is 7.05 Å². The van der Waals surface area contributed by atoms with Gasteiger partial charge in [-0.2, -0.15) is 4.31 Å². The van der Waals surface area contributed by atoms with Crippen LogP contribution in [0.25, 0.3) is 5.69 Å². The molecule has 10 heteroatoms. The van der Waals surface area contributed by atoms with Crippen LogP contribution in [0.1, 0.15) is 5.69 Å². The normalized spacial score (nSPS) is 11.6. The number of carbonyl (C=O) groups is 1. The molecule has 8 nitrogen and oxygen atoms in total. The third kappa shape index (κ3) is 4.25. The molecule has 1 heterocycles. The van der Waals surface area contributed by atoms with Gasteiger partial charge in [0.2, 0.25) is 15.9 Å². The highest BCUT2D eigenvalue weighted by atomic mass is 79.9. The summed E-state index contributed by atoms with van der Waals surface area (Å²) in [5.74, 6) is -0.607. The van der Waals surface area contributed by atoms with E-state index in [1.807, 2.05) is 18.2 Å². The summed E-state index contributed by atoms with van der Waals surface area (Å²) in [6, 6.07) is 15.2. The van der Waals surface area contributed by atoms with Crippen molar-refractivity contribution < 1.29 is 13.2 Å². The lowest BCUT2D eigenvalue weighted by Gasteiger charge is -2.16. The van der Waals surface area contributed by atoms with E-state index in [1.54, 1.807) is 42.9 Å². The molecule has 2 aromatic carbocycles. The Morgan fingerprint density at radius 2 is 1.70 bits per heavy atom. The average Bonchev–Trinajstić information content (AvgIpc) is 2.92. The fourth-order valence-electron chi connectivity index (χ4n) is 2.96. The number of hydrogen-bond donors (Lipinski definition) is 1. The smallest absolute Gasteiger partial charge is 0.295 e. The first-order valence-electron chi connectivity index (χ1n) is 8.98. The van der Waals surface area contributed by atoms with Crippen LogP contribution >= 0.6 is 15.9 Å². The van der Waals surface area contributed by atoms with Gasteiger partial charge in [-0.25, -0.2) is 13.1 Å². The van der Waals surface area contributed by atoms with E-state index < -0.39 is 28.0 Å². The zero-order chi connectivity index (χ0) is 22.1. The highest BCUT2D eigenvalue weighted by Crippen LogP contribution is 2.18. The zero-order valence-corrected chi connectivity index (χ0v) is 19.1. The summed E-state index contributed by atoms with van der Waals surface area (Å²) in [6.45, 7) is 1.27. The first kappa shape index (κ1) is 22.0. The predicted octanol–water partition coefficient (Wildman–Crippen LogP) is 2.51. The van der Waals surface area contributed by atoms with Gasteiger partial charge in [0, 0.05) is 18.6 Å². The van der Waals surface area contributed by atoms with Gasteiger partial charge in [0.1, 0.15) is 5.69 Å². The Balaban J connectivity index is 1.81. The molecule has 1 N–H and O–H groups in total. The molecule has 0 aliphatic heterocycles. The summed E-state index contributed by atoms with van der Waals surface area (Å²) < 4.78 is 30.1. The van der Waals surface area contributed by atoms with Gasteiger partial charge in [0.25, 0.3) is 5.56 Å². The molecule has 0 aliphatic rings. The van der Waals surface area contributed by atoms with Crippen molar-refractivity contribution in [3.05, 3.63) is 75.1 Å². The number of amides is 1. The van der Waals surface area contributed by atoms with Crippen LogP contribution in [0.5, 0.6) is 0 Å². The molecule has 0 radical (unpaired) electrons. The molecule has 0 unspecified atom stereocenters. The quantitative estimate of drug-likeness (QED) is 0.571. The number of nitrogens with zero attached hydrogens (tertiary/aromatic N) is 3. The topological polar surface area (TPSA) is 93.4 Å². The minimum Gasteiger partial charge on any atom is -0.319 e. The second-order valence-electron chi connectivity index (χ2n) is 6.70. The van der Waals surface area contributed by atoms with Gasteiger partial charge in [0.15, 0.2) is 0 Å². The Bertz CT molecular complexity index is 1230. The Morgan fingerprint density at radius 3 is 2.30 bits per heavy atom. The van der Waals surface area contributed by atoms with E-state index in [0.29, 0.717) is 11.4 Å². The van der Waals surface area contributed by atoms with Gasteiger partial charge < -0.3 is 5.32 Å². The highest BCUT2D eigenvalue weighted by molar-refractivity contribution is 9.10. The number of nitrogens with one attached hydrogen (secondary N) is 1. The van der Waals surface area contributed by atoms with Gasteiger partial charge in [-0.05, 0) is 43.3 Å². The number of anilines is 1. The first-order chi connectivity index (χ1) is 14.1. The number of para-hydroxylation sites is 1. The molecular weight excluding hydrogens is 472 g/mol. The molecule has 30 heavy (non-hydrogen) atoms. The fourth-order valence-corrected chi connectivity index (χ4v) is 4.36. The van der Waals surface area contributed by atoms with E-state index in [1.165, 1.54) is 23.9 Å². The van der Waals surface area contributed by atoms with Crippen molar-refractivity contribution in [2.45, 2.75) is 11.8 Å². The molecule has 0 spiro atoms. The minimum absolute atomic E-state index is 0.0725. The summed E-state index contributed by atoms with van der Waals surface area (Å²) in [5.41, 5.74) is 0.924. The molecule has 0 aliphatic carbocycles. The molecule has 0 atom stereocenters. The first-order valence-corrected chi connectivity index (χ1v) is 11.2. The monoisotopic (exact) mass is 492 g/mol. The number of benzene rings is 2. The molecule has 0 saturated carbocycles. The summed E-state index contributed by atoms with van der Waals surface area (Å²) in [4.78, 5) is 25.5. The maximum absolute atomic E-state index is 12.9. The number of aromatic nitrogens is 2. The number of carbonyl (C=O) groups excluding carboxylic acids is 1. The third-order valence-corrected chi connectivity index (χ3v) is 7.05. The molecule has 3 rings (SSSR count). The minimum atomic E-state index is -3.85. The SMILES string of the molecule is Cc1c(NC(=O)CN(C)S(=O)(=O)c2ccc(Br)cc2)c(=O)n(-c2ccccc2)n1C. The molecule has 0 bridgehead atoms. The van der Waals surface area contributed by atoms with Crippen molar-refractivity contribution in [1.82, 2.24) is 13.7 Å². The molecule has 3 aromatic rings. The van der Waals surface area contributed by atoms with Crippen LogP contribution in [-0.2, 0) is 21.9 Å². The Morgan fingerprint density at radius 1 is 1.10 bits per heavy atom. The van der Waals surface area contributed by atoms with E-state index in [2.05, 4.69) is 21.2 Å². The summed E-state index contributed by atoms with van der Waals surface area (Å²) in [5, 5.41) is 2.57. The van der Waals surface area contributed by atoms with E-state index in [4.69, 9.17) is 0 Å². The highest BCUT2D eigenvalue weighted by Gasteiger charge is 2.24. The summed E-state index contributed by atoms with van der Waals surface area (Å²) >= 11 is 3.26. The van der Waals surface area contributed by atoms with Gasteiger partial charge in [-0.15, -0.1) is 0 Å². The van der Waals surface area contributed by atoms with E-state index in [0.717, 1.165) is 8.78 Å². The van der Waals surface area contributed by atoms with E-state index in [9.17, 15) is 18.0 Å². The van der Waals surface area contributed by atoms with Crippen LogP contribution in [-0.4, -0.2) is 41.6 Å². The van der Waals surface area contributed by atoms with Crippen molar-refractivity contribution >= 4 is 37.5 Å². The van der Waals surface area contributed by atoms with E-state index >= 15 is 0 Å². The number of rotatable bonds is 6. The lowest BCUT2D eigenvalue weighted by Crippen LogP contribution is -2.35. The molecule has 1 amide bonds. The largest absolute Gasteiger partial charge is 0.319 e. The van der Waals surface area contributed by atoms with Crippen molar-refractivity contribution in [3.8, 4) is 5.69 Å². The maximum Gasteiger partial charge on any atom is 0.295 e. The fraction of sp³-hybridized carbons (Fsp3) is 0.200. The lowest BCUT2D eigenvalue weighted by atomic mass is 10.3. The van der Waals surface area contributed by atoms with Crippen molar-refractivity contribution in [3.63, 3.8) is 0 Å². The van der Waals surface area contributed by atoms with Crippen LogP contribution in [0, 0.1) is 6.92 Å². The van der Waals surface area contributed by atoms with Crippen molar-refractivity contribution in [2.75, 3.05) is 18.9 Å². The molecule has 1 aromatic heterocycles. The van der Waals surface area contributed by atoms with E-state index in [-0.39, 0.29) is 10.6 Å². The van der Waals surface area contributed by atoms with Gasteiger partial charge in [-0.3, -0.25) is 14.3 Å². The molecule has 0 saturated heterocycles. The number of likely N-dealkylation sites (N-methyl/N-ethyl adjacent to an activating group) is 1. The maximum atomic E-state index is 12.9. The number of hydrogen-bond acceptors (Lipinski definition) is 4. The predicted molar refractivity (Wildman–Crippen MR) is 118 cm³/mol. The molecular formula is C20H21BrN4O4S.